The highest BCUT2D eigenvalue weighted by Crippen LogP contribution is 2.39. The maximum absolute atomic E-state index is 12.9. The summed E-state index contributed by atoms with van der Waals surface area (Å²) < 4.78 is 16.0. The van der Waals surface area contributed by atoms with E-state index in [4.69, 9.17) is 25.8 Å². The number of thiazole rings is 1. The molecule has 158 valence electrons. The van der Waals surface area contributed by atoms with E-state index in [1.165, 1.54) is 32.7 Å². The van der Waals surface area contributed by atoms with Gasteiger partial charge in [0, 0.05) is 21.0 Å². The Bertz CT molecular complexity index is 1010. The van der Waals surface area contributed by atoms with Crippen molar-refractivity contribution >= 4 is 34.0 Å². The number of rotatable bonds is 8. The summed E-state index contributed by atoms with van der Waals surface area (Å²) in [7, 11) is 4.54. The van der Waals surface area contributed by atoms with Crippen molar-refractivity contribution in [2.24, 2.45) is 0 Å². The summed E-state index contributed by atoms with van der Waals surface area (Å²) in [5, 5.41) is 4.09. The van der Waals surface area contributed by atoms with Gasteiger partial charge in [-0.05, 0) is 30.7 Å². The summed E-state index contributed by atoms with van der Waals surface area (Å²) in [4.78, 5) is 18.7. The van der Waals surface area contributed by atoms with Gasteiger partial charge in [0.1, 0.15) is 0 Å². The monoisotopic (exact) mass is 446 g/mol. The molecule has 0 unspecified atom stereocenters. The van der Waals surface area contributed by atoms with Crippen molar-refractivity contribution in [2.45, 2.75) is 19.8 Å². The number of benzene rings is 2. The molecule has 8 heteroatoms. The second kappa shape index (κ2) is 9.82. The molecule has 6 nitrogen and oxygen atoms in total. The van der Waals surface area contributed by atoms with E-state index in [0.717, 1.165) is 29.0 Å². The van der Waals surface area contributed by atoms with Gasteiger partial charge in [0.05, 0.1) is 27.0 Å². The van der Waals surface area contributed by atoms with Crippen molar-refractivity contribution in [1.82, 2.24) is 4.98 Å². The first-order valence-corrected chi connectivity index (χ1v) is 10.6. The van der Waals surface area contributed by atoms with Gasteiger partial charge in [-0.25, -0.2) is 4.98 Å². The van der Waals surface area contributed by atoms with E-state index in [1.807, 2.05) is 24.3 Å². The normalized spacial score (nSPS) is 10.6. The number of anilines is 1. The third kappa shape index (κ3) is 4.68. The van der Waals surface area contributed by atoms with Crippen LogP contribution in [0.25, 0.3) is 11.3 Å². The number of aromatic nitrogens is 1. The number of hydrogen-bond acceptors (Lipinski definition) is 6. The van der Waals surface area contributed by atoms with Crippen molar-refractivity contribution < 1.29 is 19.0 Å². The summed E-state index contributed by atoms with van der Waals surface area (Å²) in [6, 6.07) is 10.7. The molecule has 30 heavy (non-hydrogen) atoms. The highest BCUT2D eigenvalue weighted by Gasteiger charge is 2.19. The number of ether oxygens (including phenoxy) is 3. The van der Waals surface area contributed by atoms with Gasteiger partial charge < -0.3 is 14.2 Å². The number of carbonyl (C=O) groups excluding carboxylic acids is 1. The van der Waals surface area contributed by atoms with Gasteiger partial charge in [-0.1, -0.05) is 37.1 Å². The summed E-state index contributed by atoms with van der Waals surface area (Å²) in [5.41, 5.74) is 2.20. The molecule has 0 radical (unpaired) electrons. The molecule has 1 aromatic heterocycles. The minimum atomic E-state index is -0.311. The fraction of sp³-hybridized carbons (Fsp3) is 0.273. The SMILES string of the molecule is CCCc1sc(NC(=O)c2cc(OC)c(OC)c(OC)c2)nc1-c1ccc(Cl)cc1. The Labute approximate surface area is 184 Å². The third-order valence-corrected chi connectivity index (χ3v) is 5.72. The average Bonchev–Trinajstić information content (AvgIpc) is 3.15. The molecule has 0 fully saturated rings. The number of hydrogen-bond donors (Lipinski definition) is 1. The van der Waals surface area contributed by atoms with E-state index in [9.17, 15) is 4.79 Å². The van der Waals surface area contributed by atoms with Crippen LogP contribution in [-0.2, 0) is 6.42 Å². The molecule has 0 saturated heterocycles. The number of nitrogens with one attached hydrogen (secondary N) is 1. The molecule has 1 heterocycles. The van der Waals surface area contributed by atoms with Gasteiger partial charge in [0.25, 0.3) is 5.91 Å². The third-order valence-electron chi connectivity index (χ3n) is 4.44. The average molecular weight is 447 g/mol. The van der Waals surface area contributed by atoms with Gasteiger partial charge in [-0.15, -0.1) is 11.3 Å². The van der Waals surface area contributed by atoms with E-state index < -0.39 is 0 Å². The maximum atomic E-state index is 12.9. The predicted molar refractivity (Wildman–Crippen MR) is 121 cm³/mol. The fourth-order valence-electron chi connectivity index (χ4n) is 3.02. The highest BCUT2D eigenvalue weighted by molar-refractivity contribution is 7.16. The summed E-state index contributed by atoms with van der Waals surface area (Å²) in [5.74, 6) is 0.944. The Kier molecular flexibility index (Phi) is 7.18. The molecule has 1 amide bonds. The first-order valence-electron chi connectivity index (χ1n) is 9.37. The van der Waals surface area contributed by atoms with Crippen LogP contribution >= 0.6 is 22.9 Å². The summed E-state index contributed by atoms with van der Waals surface area (Å²) in [6.45, 7) is 2.11. The van der Waals surface area contributed by atoms with Crippen molar-refractivity contribution in [3.63, 3.8) is 0 Å². The standard InChI is InChI=1S/C22H23ClN2O4S/c1-5-6-18-19(13-7-9-15(23)10-8-13)24-22(30-18)25-21(26)14-11-16(27-2)20(29-4)17(12-14)28-3/h7-12H,5-6H2,1-4H3,(H,24,25,26). The van der Waals surface area contributed by atoms with E-state index in [2.05, 4.69) is 17.2 Å². The van der Waals surface area contributed by atoms with E-state index in [-0.39, 0.29) is 5.91 Å². The molecule has 0 bridgehead atoms. The fourth-order valence-corrected chi connectivity index (χ4v) is 4.22. The van der Waals surface area contributed by atoms with Crippen LogP contribution in [0.15, 0.2) is 36.4 Å². The molecule has 3 rings (SSSR count). The minimum absolute atomic E-state index is 0.311. The van der Waals surface area contributed by atoms with Crippen LogP contribution in [0.2, 0.25) is 5.02 Å². The second-order valence-electron chi connectivity index (χ2n) is 6.42. The van der Waals surface area contributed by atoms with Gasteiger partial charge >= 0.3 is 0 Å². The highest BCUT2D eigenvalue weighted by atomic mass is 35.5. The minimum Gasteiger partial charge on any atom is -0.493 e. The smallest absolute Gasteiger partial charge is 0.257 e. The molecule has 0 saturated carbocycles. The number of methoxy groups -OCH3 is 3. The maximum Gasteiger partial charge on any atom is 0.257 e. The lowest BCUT2D eigenvalue weighted by Gasteiger charge is -2.13. The van der Waals surface area contributed by atoms with Crippen LogP contribution in [0, 0.1) is 0 Å². The number of nitrogens with zero attached hydrogens (tertiary/aromatic N) is 1. The lowest BCUT2D eigenvalue weighted by molar-refractivity contribution is 0.102. The zero-order valence-corrected chi connectivity index (χ0v) is 18.8. The Morgan fingerprint density at radius 1 is 1.07 bits per heavy atom. The number of amides is 1. The van der Waals surface area contributed by atoms with Crippen molar-refractivity contribution in [1.29, 1.82) is 0 Å². The molecule has 0 spiro atoms. The van der Waals surface area contributed by atoms with Crippen LogP contribution < -0.4 is 19.5 Å². The number of carbonyl (C=O) groups is 1. The molecule has 3 aromatic rings. The topological polar surface area (TPSA) is 69.7 Å². The van der Waals surface area contributed by atoms with E-state index in [0.29, 0.717) is 33.0 Å². The molecule has 1 N–H and O–H groups in total. The zero-order chi connectivity index (χ0) is 21.7. The summed E-state index contributed by atoms with van der Waals surface area (Å²) in [6.07, 6.45) is 1.85. The lowest BCUT2D eigenvalue weighted by Crippen LogP contribution is -2.12. The quantitative estimate of drug-likeness (QED) is 0.481. The van der Waals surface area contributed by atoms with Crippen molar-refractivity contribution in [3.05, 3.63) is 51.9 Å². The second-order valence-corrected chi connectivity index (χ2v) is 7.94. The van der Waals surface area contributed by atoms with Crippen LogP contribution in [-0.4, -0.2) is 32.2 Å². The Hall–Kier alpha value is -2.77. The van der Waals surface area contributed by atoms with Crippen LogP contribution in [0.3, 0.4) is 0 Å². The van der Waals surface area contributed by atoms with Crippen LogP contribution in [0.4, 0.5) is 5.13 Å². The first kappa shape index (κ1) is 21.9. The zero-order valence-electron chi connectivity index (χ0n) is 17.2. The Morgan fingerprint density at radius 3 is 2.23 bits per heavy atom. The summed E-state index contributed by atoms with van der Waals surface area (Å²) >= 11 is 7.48. The van der Waals surface area contributed by atoms with Crippen molar-refractivity contribution in [3.8, 4) is 28.5 Å². The van der Waals surface area contributed by atoms with E-state index >= 15 is 0 Å². The van der Waals surface area contributed by atoms with Gasteiger partial charge in [-0.3, -0.25) is 10.1 Å². The van der Waals surface area contributed by atoms with Gasteiger partial charge in [0.2, 0.25) is 5.75 Å². The molecule has 0 aliphatic heterocycles. The van der Waals surface area contributed by atoms with Gasteiger partial charge in [-0.2, -0.15) is 0 Å². The molecular weight excluding hydrogens is 424 g/mol. The van der Waals surface area contributed by atoms with E-state index in [1.54, 1.807) is 12.1 Å². The number of halogens is 1. The van der Waals surface area contributed by atoms with Crippen LogP contribution in [0.1, 0.15) is 28.6 Å². The first-order chi connectivity index (χ1) is 14.5. The Morgan fingerprint density at radius 2 is 1.70 bits per heavy atom. The molecule has 2 aromatic carbocycles. The predicted octanol–water partition coefficient (Wildman–Crippen LogP) is 5.69. The van der Waals surface area contributed by atoms with Crippen molar-refractivity contribution in [2.75, 3.05) is 26.6 Å². The molecular formula is C22H23ClN2O4S. The molecule has 0 aliphatic carbocycles. The molecule has 0 atom stereocenters. The largest absolute Gasteiger partial charge is 0.493 e. The lowest BCUT2D eigenvalue weighted by atomic mass is 10.1. The molecule has 0 aliphatic rings. The number of aryl methyl sites for hydroxylation is 1. The Balaban J connectivity index is 1.92. The van der Waals surface area contributed by atoms with Crippen LogP contribution in [0.5, 0.6) is 17.2 Å². The van der Waals surface area contributed by atoms with Gasteiger partial charge in [0.15, 0.2) is 16.6 Å².